The summed E-state index contributed by atoms with van der Waals surface area (Å²) < 4.78 is 0. The number of hydrogen-bond acceptors (Lipinski definition) is 1. The molecule has 0 saturated heterocycles. The second-order valence-electron chi connectivity index (χ2n) is 6.45. The predicted octanol–water partition coefficient (Wildman–Crippen LogP) is 7.25. The first-order chi connectivity index (χ1) is 11.0. The summed E-state index contributed by atoms with van der Waals surface area (Å²) in [5.74, 6) is -0.859. The van der Waals surface area contributed by atoms with E-state index in [1.54, 1.807) is 0 Å². The van der Waals surface area contributed by atoms with E-state index in [4.69, 9.17) is 5.11 Å². The monoisotopic (exact) mass is 452 g/mol. The van der Waals surface area contributed by atoms with Crippen LogP contribution in [-0.4, -0.2) is 20.7 Å². The minimum Gasteiger partial charge on any atom is -0.478 e. The highest BCUT2D eigenvalue weighted by Crippen LogP contribution is 2.25. The van der Waals surface area contributed by atoms with Crippen molar-refractivity contribution in [3.8, 4) is 0 Å². The summed E-state index contributed by atoms with van der Waals surface area (Å²) in [4.78, 5) is 11.8. The Kier molecular flexibility index (Phi) is 15.8. The first kappa shape index (κ1) is 23.2. The molecule has 4 heteroatoms. The molecule has 2 nitrogen and oxygen atoms in total. The summed E-state index contributed by atoms with van der Waals surface area (Å²) in [6.07, 6.45) is 15.6. The molecule has 136 valence electrons. The zero-order valence-electron chi connectivity index (χ0n) is 14.7. The van der Waals surface area contributed by atoms with E-state index in [1.165, 1.54) is 64.2 Å². The summed E-state index contributed by atoms with van der Waals surface area (Å²) in [6.45, 7) is 5.82. The molecule has 0 unspecified atom stereocenters. The Labute approximate surface area is 159 Å². The molecule has 1 N–H and O–H groups in total. The second-order valence-corrected chi connectivity index (χ2v) is 8.80. The number of carbonyl (C=O) groups is 1. The number of unbranched alkanes of at least 4 members (excludes halogenated alkanes) is 8. The van der Waals surface area contributed by atoms with Crippen LogP contribution in [-0.2, 0) is 4.79 Å². The van der Waals surface area contributed by atoms with Crippen molar-refractivity contribution >= 4 is 37.8 Å². The molecule has 0 radical (unpaired) electrons. The van der Waals surface area contributed by atoms with Gasteiger partial charge in [0.1, 0.15) is 0 Å². The highest BCUT2D eigenvalue weighted by Gasteiger charge is 2.14. The van der Waals surface area contributed by atoms with E-state index in [0.717, 1.165) is 12.8 Å². The molecular formula is C19H34Br2O2. The SMILES string of the molecule is C=C(CCCCCC[C@@H](Br)[C@@H](Br)CCCCCCCC)C(=O)O. The zero-order valence-corrected chi connectivity index (χ0v) is 17.8. The lowest BCUT2D eigenvalue weighted by Crippen LogP contribution is -2.13. The molecule has 2 atom stereocenters. The van der Waals surface area contributed by atoms with Crippen LogP contribution in [0.15, 0.2) is 12.2 Å². The van der Waals surface area contributed by atoms with Crippen LogP contribution < -0.4 is 0 Å². The molecule has 0 spiro atoms. The Morgan fingerprint density at radius 3 is 1.78 bits per heavy atom. The van der Waals surface area contributed by atoms with Gasteiger partial charge in [-0.05, 0) is 25.7 Å². The van der Waals surface area contributed by atoms with Crippen LogP contribution in [0.4, 0.5) is 0 Å². The molecule has 0 bridgehead atoms. The minimum absolute atomic E-state index is 0.336. The van der Waals surface area contributed by atoms with Crippen LogP contribution in [0, 0.1) is 0 Å². The summed E-state index contributed by atoms with van der Waals surface area (Å²) in [5.41, 5.74) is 0.336. The minimum atomic E-state index is -0.859. The third-order valence-electron chi connectivity index (χ3n) is 4.24. The summed E-state index contributed by atoms with van der Waals surface area (Å²) in [6, 6.07) is 0. The van der Waals surface area contributed by atoms with E-state index in [9.17, 15) is 4.79 Å². The van der Waals surface area contributed by atoms with Crippen molar-refractivity contribution in [3.63, 3.8) is 0 Å². The summed E-state index contributed by atoms with van der Waals surface area (Å²) in [5, 5.41) is 8.74. The Balaban J connectivity index is 3.48. The van der Waals surface area contributed by atoms with Gasteiger partial charge in [0.15, 0.2) is 0 Å². The number of carboxylic acid groups (broad SMARTS) is 1. The largest absolute Gasteiger partial charge is 0.478 e. The van der Waals surface area contributed by atoms with Crippen LogP contribution in [0.1, 0.15) is 90.4 Å². The molecule has 0 aromatic carbocycles. The van der Waals surface area contributed by atoms with Crippen molar-refractivity contribution in [3.05, 3.63) is 12.2 Å². The summed E-state index contributed by atoms with van der Waals surface area (Å²) >= 11 is 7.63. The molecule has 23 heavy (non-hydrogen) atoms. The van der Waals surface area contributed by atoms with E-state index in [2.05, 4.69) is 45.4 Å². The lowest BCUT2D eigenvalue weighted by Gasteiger charge is -2.16. The Morgan fingerprint density at radius 1 is 0.870 bits per heavy atom. The Morgan fingerprint density at radius 2 is 1.30 bits per heavy atom. The average Bonchev–Trinajstić information content (AvgIpc) is 2.53. The number of carboxylic acids is 1. The Hall–Kier alpha value is 0.170. The molecule has 0 aromatic heterocycles. The van der Waals surface area contributed by atoms with Crippen molar-refractivity contribution in [1.82, 2.24) is 0 Å². The standard InChI is InChI=1S/C19H34Br2O2/c1-3-4-5-6-7-11-14-17(20)18(21)15-12-9-8-10-13-16(2)19(22)23/h17-18H,2-15H2,1H3,(H,22,23)/t17-,18+/m0/s1. The number of rotatable bonds is 16. The van der Waals surface area contributed by atoms with E-state index in [1.807, 2.05) is 0 Å². The van der Waals surface area contributed by atoms with Gasteiger partial charge >= 0.3 is 5.97 Å². The normalized spacial score (nSPS) is 13.7. The van der Waals surface area contributed by atoms with E-state index in [-0.39, 0.29) is 0 Å². The van der Waals surface area contributed by atoms with Crippen LogP contribution in [0.5, 0.6) is 0 Å². The van der Waals surface area contributed by atoms with Gasteiger partial charge in [-0.1, -0.05) is 103 Å². The van der Waals surface area contributed by atoms with Gasteiger partial charge in [-0.15, -0.1) is 0 Å². The van der Waals surface area contributed by atoms with E-state index in [0.29, 0.717) is 21.6 Å². The number of aliphatic carboxylic acids is 1. The predicted molar refractivity (Wildman–Crippen MR) is 108 cm³/mol. The number of halogens is 2. The van der Waals surface area contributed by atoms with Crippen molar-refractivity contribution in [2.75, 3.05) is 0 Å². The lowest BCUT2D eigenvalue weighted by atomic mass is 10.0. The molecule has 0 aliphatic carbocycles. The lowest BCUT2D eigenvalue weighted by molar-refractivity contribution is -0.132. The zero-order chi connectivity index (χ0) is 17.5. The van der Waals surface area contributed by atoms with Gasteiger partial charge in [0.2, 0.25) is 0 Å². The highest BCUT2D eigenvalue weighted by atomic mass is 79.9. The number of alkyl halides is 2. The molecule has 0 rings (SSSR count). The van der Waals surface area contributed by atoms with Gasteiger partial charge < -0.3 is 5.11 Å². The maximum atomic E-state index is 10.6. The maximum Gasteiger partial charge on any atom is 0.330 e. The topological polar surface area (TPSA) is 37.3 Å². The van der Waals surface area contributed by atoms with Crippen LogP contribution in [0.3, 0.4) is 0 Å². The number of hydrogen-bond donors (Lipinski definition) is 1. The van der Waals surface area contributed by atoms with Crippen molar-refractivity contribution in [1.29, 1.82) is 0 Å². The fourth-order valence-electron chi connectivity index (χ4n) is 2.62. The first-order valence-electron chi connectivity index (χ1n) is 9.18. The van der Waals surface area contributed by atoms with Gasteiger partial charge in [-0.2, -0.15) is 0 Å². The van der Waals surface area contributed by atoms with E-state index >= 15 is 0 Å². The van der Waals surface area contributed by atoms with E-state index < -0.39 is 5.97 Å². The Bertz CT molecular complexity index is 318. The summed E-state index contributed by atoms with van der Waals surface area (Å²) in [7, 11) is 0. The molecular weight excluding hydrogens is 420 g/mol. The third-order valence-corrected chi connectivity index (χ3v) is 7.14. The van der Waals surface area contributed by atoms with Gasteiger partial charge in [0, 0.05) is 15.2 Å². The van der Waals surface area contributed by atoms with Gasteiger partial charge in [-0.3, -0.25) is 0 Å². The third kappa shape index (κ3) is 14.2. The van der Waals surface area contributed by atoms with Crippen molar-refractivity contribution in [2.45, 2.75) is 100 Å². The molecule has 0 aromatic rings. The molecule has 0 fully saturated rings. The van der Waals surface area contributed by atoms with Crippen LogP contribution in [0.2, 0.25) is 0 Å². The van der Waals surface area contributed by atoms with Gasteiger partial charge in [0.25, 0.3) is 0 Å². The fourth-order valence-corrected chi connectivity index (χ4v) is 3.80. The maximum absolute atomic E-state index is 10.6. The second kappa shape index (κ2) is 15.7. The molecule has 0 saturated carbocycles. The van der Waals surface area contributed by atoms with Crippen molar-refractivity contribution < 1.29 is 9.90 Å². The van der Waals surface area contributed by atoms with Crippen molar-refractivity contribution in [2.24, 2.45) is 0 Å². The van der Waals surface area contributed by atoms with Crippen LogP contribution in [0.25, 0.3) is 0 Å². The average molecular weight is 454 g/mol. The van der Waals surface area contributed by atoms with Crippen LogP contribution >= 0.6 is 31.9 Å². The molecule has 0 aliphatic rings. The fraction of sp³-hybridized carbons (Fsp3) is 0.842. The smallest absolute Gasteiger partial charge is 0.330 e. The van der Waals surface area contributed by atoms with Gasteiger partial charge in [-0.25, -0.2) is 4.79 Å². The molecule has 0 heterocycles. The molecule has 0 aliphatic heterocycles. The highest BCUT2D eigenvalue weighted by molar-refractivity contribution is 9.12. The first-order valence-corrected chi connectivity index (χ1v) is 11.0. The van der Waals surface area contributed by atoms with Gasteiger partial charge in [0.05, 0.1) is 0 Å². The molecule has 0 amide bonds. The quantitative estimate of drug-likeness (QED) is 0.152.